The molecule has 3 nitrogen and oxygen atoms in total. The molecule has 3 rings (SSSR count). The number of hydrogen-bond donors (Lipinski definition) is 1. The van der Waals surface area contributed by atoms with Crippen molar-refractivity contribution in [3.05, 3.63) is 59.7 Å². The van der Waals surface area contributed by atoms with Crippen molar-refractivity contribution >= 4 is 11.6 Å². The minimum absolute atomic E-state index is 0.724. The number of halogens is 1. The van der Waals surface area contributed by atoms with Gasteiger partial charge in [-0.25, -0.2) is 9.97 Å². The minimum Gasteiger partial charge on any atom is -0.290 e. The van der Waals surface area contributed by atoms with Gasteiger partial charge in [0, 0.05) is 12.7 Å². The topological polar surface area (TPSA) is 37.8 Å². The number of aromatic nitrogens is 2. The van der Waals surface area contributed by atoms with Crippen LogP contribution in [0.4, 0.5) is 0 Å². The second kappa shape index (κ2) is 4.09. The first kappa shape index (κ1) is 10.7. The second-order valence-electron chi connectivity index (χ2n) is 4.09. The molecule has 1 aliphatic heterocycles. The van der Waals surface area contributed by atoms with Crippen LogP contribution in [0, 0.1) is 0 Å². The zero-order chi connectivity index (χ0) is 11.7. The van der Waals surface area contributed by atoms with E-state index >= 15 is 0 Å². The van der Waals surface area contributed by atoms with Crippen LogP contribution in [0.15, 0.2) is 42.9 Å². The molecule has 0 radical (unpaired) electrons. The number of benzene rings is 1. The molecular weight excluding hydrogens is 234 g/mol. The Balaban J connectivity index is 2.16. The Labute approximate surface area is 105 Å². The molecule has 0 fully saturated rings. The van der Waals surface area contributed by atoms with E-state index in [1.807, 2.05) is 18.2 Å². The van der Waals surface area contributed by atoms with Crippen molar-refractivity contribution in [2.24, 2.45) is 0 Å². The summed E-state index contributed by atoms with van der Waals surface area (Å²) in [6.07, 6.45) is 4.24. The molecule has 1 atom stereocenters. The van der Waals surface area contributed by atoms with Gasteiger partial charge in [0.15, 0.2) is 5.00 Å². The summed E-state index contributed by atoms with van der Waals surface area (Å²) in [6.45, 7) is 0.852. The van der Waals surface area contributed by atoms with Crippen molar-refractivity contribution in [3.8, 4) is 0 Å². The zero-order valence-corrected chi connectivity index (χ0v) is 9.98. The molecule has 1 N–H and O–H groups in total. The van der Waals surface area contributed by atoms with Crippen LogP contribution in [0.3, 0.4) is 0 Å². The minimum atomic E-state index is -0.724. The molecule has 2 heterocycles. The maximum atomic E-state index is 6.73. The molecule has 86 valence electrons. The molecule has 1 aromatic carbocycles. The molecule has 2 aromatic rings. The van der Waals surface area contributed by atoms with Gasteiger partial charge >= 0.3 is 0 Å². The first-order valence-corrected chi connectivity index (χ1v) is 5.97. The highest BCUT2D eigenvalue weighted by Gasteiger charge is 2.36. The van der Waals surface area contributed by atoms with E-state index in [4.69, 9.17) is 11.6 Å². The summed E-state index contributed by atoms with van der Waals surface area (Å²) < 4.78 is 0. The van der Waals surface area contributed by atoms with E-state index in [9.17, 15) is 0 Å². The molecule has 0 amide bonds. The smallest absolute Gasteiger partial charge is 0.162 e. The Morgan fingerprint density at radius 2 is 2.12 bits per heavy atom. The van der Waals surface area contributed by atoms with Crippen LogP contribution in [-0.4, -0.2) is 16.5 Å². The lowest BCUT2D eigenvalue weighted by Crippen LogP contribution is -2.44. The van der Waals surface area contributed by atoms with Crippen LogP contribution in [0.1, 0.15) is 16.8 Å². The van der Waals surface area contributed by atoms with Gasteiger partial charge in [0.1, 0.15) is 6.33 Å². The quantitative estimate of drug-likeness (QED) is 0.617. The average molecular weight is 246 g/mol. The summed E-state index contributed by atoms with van der Waals surface area (Å²) in [5.74, 6) is 0. The first-order chi connectivity index (χ1) is 8.31. The largest absolute Gasteiger partial charge is 0.290 e. The van der Waals surface area contributed by atoms with Gasteiger partial charge in [-0.1, -0.05) is 35.9 Å². The van der Waals surface area contributed by atoms with Gasteiger partial charge in [-0.3, -0.25) is 5.32 Å². The van der Waals surface area contributed by atoms with Gasteiger partial charge in [0.25, 0.3) is 0 Å². The van der Waals surface area contributed by atoms with Crippen LogP contribution in [0.5, 0.6) is 0 Å². The SMILES string of the molecule is ClC1(c2ccncn2)NCCc2ccccc21. The third-order valence-corrected chi connectivity index (χ3v) is 3.62. The summed E-state index contributed by atoms with van der Waals surface area (Å²) in [4.78, 5) is 7.47. The van der Waals surface area contributed by atoms with Crippen LogP contribution in [0.25, 0.3) is 0 Å². The summed E-state index contributed by atoms with van der Waals surface area (Å²) in [5.41, 5.74) is 3.16. The van der Waals surface area contributed by atoms with E-state index in [1.165, 1.54) is 11.9 Å². The zero-order valence-electron chi connectivity index (χ0n) is 9.23. The number of fused-ring (bicyclic) bond motifs is 1. The lowest BCUT2D eigenvalue weighted by Gasteiger charge is -2.34. The molecule has 0 spiro atoms. The van der Waals surface area contributed by atoms with E-state index in [0.717, 1.165) is 24.2 Å². The molecule has 1 unspecified atom stereocenters. The maximum absolute atomic E-state index is 6.73. The van der Waals surface area contributed by atoms with Gasteiger partial charge in [-0.05, 0) is 23.6 Å². The average Bonchev–Trinajstić information content (AvgIpc) is 2.40. The highest BCUT2D eigenvalue weighted by Crippen LogP contribution is 2.36. The van der Waals surface area contributed by atoms with Gasteiger partial charge in [-0.2, -0.15) is 0 Å². The number of alkyl halides is 1. The van der Waals surface area contributed by atoms with E-state index in [2.05, 4.69) is 27.4 Å². The molecule has 1 aliphatic rings. The van der Waals surface area contributed by atoms with Crippen LogP contribution in [0.2, 0.25) is 0 Å². The second-order valence-corrected chi connectivity index (χ2v) is 4.65. The molecule has 0 aliphatic carbocycles. The molecule has 0 saturated heterocycles. The Kier molecular flexibility index (Phi) is 2.57. The lowest BCUT2D eigenvalue weighted by atomic mass is 9.92. The Morgan fingerprint density at radius 1 is 1.24 bits per heavy atom. The van der Waals surface area contributed by atoms with Crippen LogP contribution < -0.4 is 5.32 Å². The maximum Gasteiger partial charge on any atom is 0.162 e. The molecule has 0 bridgehead atoms. The van der Waals surface area contributed by atoms with Crippen molar-refractivity contribution in [1.29, 1.82) is 0 Å². The fourth-order valence-electron chi connectivity index (χ4n) is 2.26. The number of nitrogens with one attached hydrogen (secondary N) is 1. The van der Waals surface area contributed by atoms with E-state index in [1.54, 1.807) is 6.20 Å². The molecular formula is C13H12ClN3. The van der Waals surface area contributed by atoms with Crippen molar-refractivity contribution < 1.29 is 0 Å². The molecule has 0 saturated carbocycles. The Bertz CT molecular complexity index is 529. The molecule has 4 heteroatoms. The highest BCUT2D eigenvalue weighted by molar-refractivity contribution is 6.25. The standard InChI is InChI=1S/C13H12ClN3/c14-13(12-6-7-15-9-16-12)11-4-2-1-3-10(11)5-8-17-13/h1-4,6-7,9,17H,5,8H2. The summed E-state index contributed by atoms with van der Waals surface area (Å²) in [5, 5.41) is 3.34. The van der Waals surface area contributed by atoms with Crippen molar-refractivity contribution in [2.45, 2.75) is 11.4 Å². The Hall–Kier alpha value is -1.45. The Morgan fingerprint density at radius 3 is 2.94 bits per heavy atom. The third kappa shape index (κ3) is 1.72. The molecule has 1 aromatic heterocycles. The fraction of sp³-hybridized carbons (Fsp3) is 0.231. The molecule has 17 heavy (non-hydrogen) atoms. The number of rotatable bonds is 1. The van der Waals surface area contributed by atoms with Gasteiger partial charge in [0.2, 0.25) is 0 Å². The van der Waals surface area contributed by atoms with Crippen LogP contribution >= 0.6 is 11.6 Å². The summed E-state index contributed by atoms with van der Waals surface area (Å²) >= 11 is 6.73. The van der Waals surface area contributed by atoms with Crippen molar-refractivity contribution in [3.63, 3.8) is 0 Å². The predicted molar refractivity (Wildman–Crippen MR) is 66.8 cm³/mol. The predicted octanol–water partition coefficient (Wildman–Crippen LogP) is 2.06. The van der Waals surface area contributed by atoms with Gasteiger partial charge in [-0.15, -0.1) is 0 Å². The summed E-state index contributed by atoms with van der Waals surface area (Å²) in [7, 11) is 0. The number of nitrogens with zero attached hydrogens (tertiary/aromatic N) is 2. The van der Waals surface area contributed by atoms with Crippen LogP contribution in [-0.2, 0) is 11.4 Å². The van der Waals surface area contributed by atoms with Crippen molar-refractivity contribution in [2.75, 3.05) is 6.54 Å². The van der Waals surface area contributed by atoms with E-state index in [0.29, 0.717) is 0 Å². The fourth-order valence-corrected chi connectivity index (χ4v) is 2.65. The first-order valence-electron chi connectivity index (χ1n) is 5.59. The third-order valence-electron chi connectivity index (χ3n) is 3.09. The monoisotopic (exact) mass is 245 g/mol. The van der Waals surface area contributed by atoms with Crippen molar-refractivity contribution in [1.82, 2.24) is 15.3 Å². The normalized spacial score (nSPS) is 23.1. The number of hydrogen-bond acceptors (Lipinski definition) is 3. The van der Waals surface area contributed by atoms with E-state index < -0.39 is 5.00 Å². The lowest BCUT2D eigenvalue weighted by molar-refractivity contribution is 0.501. The van der Waals surface area contributed by atoms with Gasteiger partial charge in [0.05, 0.1) is 5.69 Å². The van der Waals surface area contributed by atoms with Gasteiger partial charge < -0.3 is 0 Å². The van der Waals surface area contributed by atoms with E-state index in [-0.39, 0.29) is 0 Å². The summed E-state index contributed by atoms with van der Waals surface area (Å²) in [6, 6.07) is 10.1. The highest BCUT2D eigenvalue weighted by atomic mass is 35.5.